The zero-order chi connectivity index (χ0) is 19.4. The number of fused-ring (bicyclic) bond motifs is 6. The largest absolute Gasteiger partial charge is 0.497 e. The zero-order valence-electron chi connectivity index (χ0n) is 16.5. The van der Waals surface area contributed by atoms with Gasteiger partial charge in [-0.05, 0) is 55.2 Å². The Morgan fingerprint density at radius 1 is 1.29 bits per heavy atom. The van der Waals surface area contributed by atoms with Crippen molar-refractivity contribution in [1.29, 1.82) is 0 Å². The van der Waals surface area contributed by atoms with Crippen molar-refractivity contribution in [3.05, 3.63) is 29.5 Å². The second kappa shape index (κ2) is 6.78. The van der Waals surface area contributed by atoms with Crippen molar-refractivity contribution in [2.45, 2.75) is 37.8 Å². The summed E-state index contributed by atoms with van der Waals surface area (Å²) in [4.78, 5) is 18.7. The number of rotatable bonds is 2. The molecule has 2 N–H and O–H groups in total. The van der Waals surface area contributed by atoms with Gasteiger partial charge in [-0.3, -0.25) is 9.69 Å². The molecule has 0 radical (unpaired) electrons. The van der Waals surface area contributed by atoms with Gasteiger partial charge in [-0.15, -0.1) is 0 Å². The lowest BCUT2D eigenvalue weighted by Gasteiger charge is -2.50. The van der Waals surface area contributed by atoms with Gasteiger partial charge in [0, 0.05) is 35.8 Å². The van der Waals surface area contributed by atoms with Gasteiger partial charge in [-0.2, -0.15) is 0 Å². The van der Waals surface area contributed by atoms with E-state index in [1.807, 2.05) is 6.07 Å². The number of ether oxygens (including phenoxy) is 2. The molecule has 5 rings (SSSR count). The first-order valence-electron chi connectivity index (χ1n) is 10.3. The van der Waals surface area contributed by atoms with Crippen LogP contribution in [-0.2, 0) is 16.0 Å². The number of aliphatic hydroxyl groups is 1. The van der Waals surface area contributed by atoms with Gasteiger partial charge in [-0.25, -0.2) is 0 Å². The summed E-state index contributed by atoms with van der Waals surface area (Å²) < 4.78 is 10.4. The molecule has 1 aliphatic carbocycles. The van der Waals surface area contributed by atoms with Crippen LogP contribution in [0.15, 0.2) is 18.2 Å². The number of aliphatic hydroxyl groups excluding tert-OH is 1. The minimum Gasteiger partial charge on any atom is -0.497 e. The normalized spacial score (nSPS) is 32.3. The van der Waals surface area contributed by atoms with Crippen molar-refractivity contribution in [3.8, 4) is 5.75 Å². The standard InChI is InChI=1S/C22H28N2O4/c1-27-13-4-5-14-15-7-8-24-11-12-3-6-19(25)20(22(26)28-2)16(12)10-18(24)21(15)23-17(14)9-13/h4-5,9,12,16,18-20,23,25H,3,6-8,10-11H2,1-2H3/t12-,16-,18+,19+,20+/m0/s1. The fraction of sp³-hybridized carbons (Fsp3) is 0.591. The van der Waals surface area contributed by atoms with Crippen molar-refractivity contribution in [3.63, 3.8) is 0 Å². The van der Waals surface area contributed by atoms with Crippen molar-refractivity contribution < 1.29 is 19.4 Å². The number of aromatic amines is 1. The maximum atomic E-state index is 12.4. The lowest BCUT2D eigenvalue weighted by molar-refractivity contribution is -0.160. The van der Waals surface area contributed by atoms with Gasteiger partial charge < -0.3 is 19.6 Å². The molecule has 0 spiro atoms. The molecule has 3 aliphatic rings. The molecule has 1 aromatic carbocycles. The molecule has 2 fully saturated rings. The van der Waals surface area contributed by atoms with Crippen LogP contribution in [0.1, 0.15) is 36.6 Å². The number of esters is 1. The van der Waals surface area contributed by atoms with E-state index in [1.54, 1.807) is 7.11 Å². The van der Waals surface area contributed by atoms with Gasteiger partial charge in [0.05, 0.1) is 32.3 Å². The summed E-state index contributed by atoms with van der Waals surface area (Å²) in [5.41, 5.74) is 3.78. The van der Waals surface area contributed by atoms with Gasteiger partial charge in [0.2, 0.25) is 0 Å². The molecular formula is C22H28N2O4. The second-order valence-corrected chi connectivity index (χ2v) is 8.54. The topological polar surface area (TPSA) is 74.8 Å². The summed E-state index contributed by atoms with van der Waals surface area (Å²) in [6.07, 6.45) is 3.02. The van der Waals surface area contributed by atoms with E-state index in [0.717, 1.165) is 43.6 Å². The predicted molar refractivity (Wildman–Crippen MR) is 105 cm³/mol. The van der Waals surface area contributed by atoms with Crippen LogP contribution < -0.4 is 4.74 Å². The third-order valence-corrected chi connectivity index (χ3v) is 7.32. The summed E-state index contributed by atoms with van der Waals surface area (Å²) >= 11 is 0. The number of carbonyl (C=O) groups excluding carboxylic acids is 1. The number of H-pyrrole nitrogens is 1. The van der Waals surface area contributed by atoms with Gasteiger partial charge in [0.15, 0.2) is 0 Å². The van der Waals surface area contributed by atoms with Crippen LogP contribution >= 0.6 is 0 Å². The Balaban J connectivity index is 1.52. The van der Waals surface area contributed by atoms with Crippen LogP contribution in [0.5, 0.6) is 5.75 Å². The van der Waals surface area contributed by atoms with Gasteiger partial charge in [0.1, 0.15) is 5.75 Å². The number of hydrogen-bond donors (Lipinski definition) is 2. The molecule has 1 aromatic heterocycles. The highest BCUT2D eigenvalue weighted by Crippen LogP contribution is 2.49. The Labute approximate surface area is 164 Å². The number of nitrogens with one attached hydrogen (secondary N) is 1. The third kappa shape index (κ3) is 2.65. The quantitative estimate of drug-likeness (QED) is 0.779. The lowest BCUT2D eigenvalue weighted by atomic mass is 9.65. The zero-order valence-corrected chi connectivity index (χ0v) is 16.5. The van der Waals surface area contributed by atoms with E-state index in [4.69, 9.17) is 9.47 Å². The summed E-state index contributed by atoms with van der Waals surface area (Å²) in [6.45, 7) is 2.04. The van der Waals surface area contributed by atoms with Crippen molar-refractivity contribution in [1.82, 2.24) is 9.88 Å². The fourth-order valence-corrected chi connectivity index (χ4v) is 5.97. The minimum absolute atomic E-state index is 0.171. The van der Waals surface area contributed by atoms with E-state index in [0.29, 0.717) is 12.3 Å². The van der Waals surface area contributed by atoms with Crippen LogP contribution in [-0.4, -0.2) is 54.4 Å². The van der Waals surface area contributed by atoms with E-state index in [2.05, 4.69) is 22.0 Å². The van der Waals surface area contributed by atoms with E-state index in [1.165, 1.54) is 23.8 Å². The minimum atomic E-state index is -0.588. The first-order chi connectivity index (χ1) is 13.6. The Hall–Kier alpha value is -2.05. The molecule has 2 aliphatic heterocycles. The summed E-state index contributed by atoms with van der Waals surface area (Å²) in [7, 11) is 3.12. The number of methoxy groups -OCH3 is 2. The highest BCUT2D eigenvalue weighted by Gasteiger charge is 2.49. The van der Waals surface area contributed by atoms with E-state index < -0.39 is 12.0 Å². The fourth-order valence-electron chi connectivity index (χ4n) is 5.97. The number of aromatic nitrogens is 1. The molecule has 0 amide bonds. The first kappa shape index (κ1) is 18.0. The molecule has 6 nitrogen and oxygen atoms in total. The molecule has 1 saturated heterocycles. The van der Waals surface area contributed by atoms with Crippen molar-refractivity contribution >= 4 is 16.9 Å². The number of carbonyl (C=O) groups is 1. The van der Waals surface area contributed by atoms with Crippen LogP contribution in [0, 0.1) is 17.8 Å². The van der Waals surface area contributed by atoms with E-state index in [9.17, 15) is 9.90 Å². The molecule has 5 atom stereocenters. The second-order valence-electron chi connectivity index (χ2n) is 8.54. The molecule has 1 saturated carbocycles. The molecule has 28 heavy (non-hydrogen) atoms. The van der Waals surface area contributed by atoms with Crippen LogP contribution in [0.4, 0.5) is 0 Å². The third-order valence-electron chi connectivity index (χ3n) is 7.32. The molecule has 3 heterocycles. The molecule has 0 unspecified atom stereocenters. The smallest absolute Gasteiger partial charge is 0.311 e. The Kier molecular flexibility index (Phi) is 4.36. The van der Waals surface area contributed by atoms with Crippen LogP contribution in [0.3, 0.4) is 0 Å². The van der Waals surface area contributed by atoms with Gasteiger partial charge in [0.25, 0.3) is 0 Å². The van der Waals surface area contributed by atoms with Crippen molar-refractivity contribution in [2.75, 3.05) is 27.3 Å². The Morgan fingerprint density at radius 2 is 2.14 bits per heavy atom. The van der Waals surface area contributed by atoms with E-state index in [-0.39, 0.29) is 17.9 Å². The van der Waals surface area contributed by atoms with Crippen LogP contribution in [0.25, 0.3) is 10.9 Å². The maximum absolute atomic E-state index is 12.4. The van der Waals surface area contributed by atoms with E-state index >= 15 is 0 Å². The Morgan fingerprint density at radius 3 is 2.93 bits per heavy atom. The highest BCUT2D eigenvalue weighted by molar-refractivity contribution is 5.86. The van der Waals surface area contributed by atoms with Crippen molar-refractivity contribution in [2.24, 2.45) is 17.8 Å². The number of nitrogens with zero attached hydrogens (tertiary/aromatic N) is 1. The van der Waals surface area contributed by atoms with Gasteiger partial charge >= 0.3 is 5.97 Å². The summed E-state index contributed by atoms with van der Waals surface area (Å²) in [5, 5.41) is 11.8. The monoisotopic (exact) mass is 384 g/mol. The average molecular weight is 384 g/mol. The SMILES string of the molecule is COC(=O)[C@@H]1[C@H]2C[C@@H]3c4[nH]c5cc(OC)ccc5c4CCN3C[C@@H]2CC[C@H]1O. The molecule has 2 aromatic rings. The molecule has 6 heteroatoms. The average Bonchev–Trinajstić information content (AvgIpc) is 3.10. The number of hydrogen-bond acceptors (Lipinski definition) is 5. The first-order valence-corrected chi connectivity index (χ1v) is 10.3. The molecule has 150 valence electrons. The molecule has 0 bridgehead atoms. The summed E-state index contributed by atoms with van der Waals surface area (Å²) in [5.74, 6) is 0.820. The maximum Gasteiger partial charge on any atom is 0.311 e. The molecular weight excluding hydrogens is 356 g/mol. The Bertz CT molecular complexity index is 907. The summed E-state index contributed by atoms with van der Waals surface area (Å²) in [6, 6.07) is 6.49. The highest BCUT2D eigenvalue weighted by atomic mass is 16.5. The number of benzene rings is 1. The predicted octanol–water partition coefficient (Wildman–Crippen LogP) is 2.66. The van der Waals surface area contributed by atoms with Gasteiger partial charge in [-0.1, -0.05) is 0 Å². The number of piperidine rings is 1. The van der Waals surface area contributed by atoms with Crippen LogP contribution in [0.2, 0.25) is 0 Å². The lowest BCUT2D eigenvalue weighted by Crippen LogP contribution is -2.53.